The highest BCUT2D eigenvalue weighted by Crippen LogP contribution is 2.49. The molecule has 0 spiro atoms. The first-order chi connectivity index (χ1) is 17.4. The van der Waals surface area contributed by atoms with Gasteiger partial charge in [0.05, 0.1) is 12.9 Å². The summed E-state index contributed by atoms with van der Waals surface area (Å²) in [4.78, 5) is 38.3. The normalized spacial score (nSPS) is 21.2. The summed E-state index contributed by atoms with van der Waals surface area (Å²) in [6.07, 6.45) is 5.52. The van der Waals surface area contributed by atoms with Crippen LogP contribution in [0.4, 0.5) is 4.79 Å². The molecule has 0 bridgehead atoms. The third-order valence-electron chi connectivity index (χ3n) is 7.28. The van der Waals surface area contributed by atoms with Gasteiger partial charge in [0.15, 0.2) is 0 Å². The second-order valence-electron chi connectivity index (χ2n) is 9.52. The SMILES string of the molecule is CCOc1ccc2[nH]c3c(c2c1)CC1(C)C(=O)N(CCn2ccnc2)C(=O)N1C3c1cccc(O)c1. The standard InChI is InChI=1S/C27H27N5O4/c1-3-36-19-7-8-22-20(14-19)21-15-27(2)25(34)31(12-11-30-10-9-28-16-30)26(35)32(27)24(23(21)29-22)17-5-4-6-18(33)13-17/h4-10,13-14,16,24,29,33H,3,11-12,15H2,1-2H3. The first-order valence-corrected chi connectivity index (χ1v) is 12.1. The molecular weight excluding hydrogens is 458 g/mol. The molecule has 4 aromatic rings. The molecule has 2 aliphatic rings. The van der Waals surface area contributed by atoms with E-state index in [1.165, 1.54) is 4.90 Å². The molecular formula is C27H27N5O4. The Morgan fingerprint density at radius 2 is 2.06 bits per heavy atom. The molecule has 9 heteroatoms. The number of amides is 3. The number of carbonyl (C=O) groups excluding carboxylic acids is 2. The summed E-state index contributed by atoms with van der Waals surface area (Å²) in [5.74, 6) is 0.633. The molecule has 0 aliphatic carbocycles. The van der Waals surface area contributed by atoms with E-state index in [-0.39, 0.29) is 24.2 Å². The lowest BCUT2D eigenvalue weighted by atomic mass is 9.81. The molecule has 1 saturated heterocycles. The number of ether oxygens (including phenoxy) is 1. The van der Waals surface area contributed by atoms with Crippen LogP contribution in [0.2, 0.25) is 0 Å². The van der Waals surface area contributed by atoms with Gasteiger partial charge in [0.1, 0.15) is 23.1 Å². The number of H-pyrrole nitrogens is 1. The minimum atomic E-state index is -1.08. The first kappa shape index (κ1) is 22.2. The molecule has 2 aromatic heterocycles. The highest BCUT2D eigenvalue weighted by Gasteiger charge is 2.60. The number of hydrogen-bond donors (Lipinski definition) is 2. The van der Waals surface area contributed by atoms with E-state index in [9.17, 15) is 14.7 Å². The molecule has 2 atom stereocenters. The molecule has 2 aliphatic heterocycles. The van der Waals surface area contributed by atoms with Crippen LogP contribution in [0.1, 0.15) is 36.7 Å². The van der Waals surface area contributed by atoms with Gasteiger partial charge in [-0.1, -0.05) is 12.1 Å². The number of phenols is 1. The number of fused-ring (bicyclic) bond motifs is 4. The minimum Gasteiger partial charge on any atom is -0.508 e. The second-order valence-corrected chi connectivity index (χ2v) is 9.52. The topological polar surface area (TPSA) is 104 Å². The van der Waals surface area contributed by atoms with Crippen molar-refractivity contribution in [2.75, 3.05) is 13.2 Å². The van der Waals surface area contributed by atoms with Gasteiger partial charge in [-0.3, -0.25) is 14.6 Å². The summed E-state index contributed by atoms with van der Waals surface area (Å²) in [7, 11) is 0. The maximum atomic E-state index is 13.9. The number of nitrogens with zero attached hydrogens (tertiary/aromatic N) is 4. The fourth-order valence-electron chi connectivity index (χ4n) is 5.62. The van der Waals surface area contributed by atoms with Crippen LogP contribution in [0.3, 0.4) is 0 Å². The van der Waals surface area contributed by atoms with Crippen LogP contribution in [0.5, 0.6) is 11.5 Å². The molecule has 36 heavy (non-hydrogen) atoms. The molecule has 9 nitrogen and oxygen atoms in total. The fourth-order valence-corrected chi connectivity index (χ4v) is 5.62. The third-order valence-corrected chi connectivity index (χ3v) is 7.28. The monoisotopic (exact) mass is 485 g/mol. The zero-order chi connectivity index (χ0) is 25.0. The van der Waals surface area contributed by atoms with Gasteiger partial charge in [0.25, 0.3) is 5.91 Å². The Morgan fingerprint density at radius 1 is 1.19 bits per heavy atom. The van der Waals surface area contributed by atoms with Crippen LogP contribution in [-0.4, -0.2) is 60.1 Å². The number of imide groups is 1. The number of aromatic amines is 1. The average Bonchev–Trinajstić information content (AvgIpc) is 3.54. The number of urea groups is 1. The Kier molecular flexibility index (Phi) is 5.03. The van der Waals surface area contributed by atoms with E-state index in [0.717, 1.165) is 33.5 Å². The number of phenolic OH excluding ortho intramolecular Hbond substituents is 1. The molecule has 3 amide bonds. The van der Waals surface area contributed by atoms with Gasteiger partial charge in [0, 0.05) is 48.5 Å². The number of benzene rings is 2. The van der Waals surface area contributed by atoms with Crippen LogP contribution in [-0.2, 0) is 17.8 Å². The van der Waals surface area contributed by atoms with Crippen LogP contribution in [0.15, 0.2) is 61.2 Å². The predicted molar refractivity (Wildman–Crippen MR) is 133 cm³/mol. The van der Waals surface area contributed by atoms with Crippen molar-refractivity contribution in [1.29, 1.82) is 0 Å². The average molecular weight is 486 g/mol. The van der Waals surface area contributed by atoms with Gasteiger partial charge in [-0.2, -0.15) is 0 Å². The second kappa shape index (κ2) is 8.15. The summed E-state index contributed by atoms with van der Waals surface area (Å²) in [5, 5.41) is 11.2. The van der Waals surface area contributed by atoms with Crippen molar-refractivity contribution < 1.29 is 19.4 Å². The lowest BCUT2D eigenvalue weighted by Crippen LogP contribution is -2.53. The summed E-state index contributed by atoms with van der Waals surface area (Å²) in [6, 6.07) is 11.8. The van der Waals surface area contributed by atoms with Gasteiger partial charge in [-0.05, 0) is 55.3 Å². The highest BCUT2D eigenvalue weighted by molar-refractivity contribution is 6.08. The van der Waals surface area contributed by atoms with Crippen LogP contribution < -0.4 is 4.74 Å². The third kappa shape index (κ3) is 3.26. The zero-order valence-corrected chi connectivity index (χ0v) is 20.1. The summed E-state index contributed by atoms with van der Waals surface area (Å²) < 4.78 is 7.59. The smallest absolute Gasteiger partial charge is 0.328 e. The Balaban J connectivity index is 1.49. The van der Waals surface area contributed by atoms with E-state index in [1.807, 2.05) is 48.9 Å². The number of nitrogens with one attached hydrogen (secondary N) is 1. The molecule has 6 rings (SSSR count). The van der Waals surface area contributed by atoms with E-state index in [2.05, 4.69) is 9.97 Å². The summed E-state index contributed by atoms with van der Waals surface area (Å²) in [5.41, 5.74) is 2.40. The Morgan fingerprint density at radius 3 is 2.81 bits per heavy atom. The number of aromatic hydroxyl groups is 1. The molecule has 1 fully saturated rings. The number of imidazole rings is 1. The number of rotatable bonds is 6. The Labute approximate surface area is 207 Å². The summed E-state index contributed by atoms with van der Waals surface area (Å²) >= 11 is 0. The fraction of sp³-hybridized carbons (Fsp3) is 0.296. The van der Waals surface area contributed by atoms with Crippen molar-refractivity contribution in [3.05, 3.63) is 78.0 Å². The van der Waals surface area contributed by atoms with Crippen molar-refractivity contribution in [3.63, 3.8) is 0 Å². The van der Waals surface area contributed by atoms with Crippen LogP contribution in [0.25, 0.3) is 10.9 Å². The van der Waals surface area contributed by atoms with Gasteiger partial charge >= 0.3 is 6.03 Å². The molecule has 0 saturated carbocycles. The molecule has 2 unspecified atom stereocenters. The number of carbonyl (C=O) groups is 2. The number of hydrogen-bond acceptors (Lipinski definition) is 5. The van der Waals surface area contributed by atoms with E-state index >= 15 is 0 Å². The van der Waals surface area contributed by atoms with Crippen molar-refractivity contribution in [2.24, 2.45) is 0 Å². The summed E-state index contributed by atoms with van der Waals surface area (Å²) in [6.45, 7) is 5.04. The zero-order valence-electron chi connectivity index (χ0n) is 20.1. The van der Waals surface area contributed by atoms with Crippen LogP contribution >= 0.6 is 0 Å². The van der Waals surface area contributed by atoms with Crippen molar-refractivity contribution in [2.45, 2.75) is 38.4 Å². The Bertz CT molecular complexity index is 1480. The lowest BCUT2D eigenvalue weighted by molar-refractivity contribution is -0.133. The molecule has 184 valence electrons. The van der Waals surface area contributed by atoms with Crippen molar-refractivity contribution >= 4 is 22.8 Å². The molecule has 4 heterocycles. The molecule has 0 radical (unpaired) electrons. The maximum Gasteiger partial charge on any atom is 0.328 e. The molecule has 2 N–H and O–H groups in total. The predicted octanol–water partition coefficient (Wildman–Crippen LogP) is 3.84. The van der Waals surface area contributed by atoms with E-state index in [0.29, 0.717) is 19.6 Å². The van der Waals surface area contributed by atoms with Crippen LogP contribution in [0, 0.1) is 0 Å². The van der Waals surface area contributed by atoms with E-state index in [4.69, 9.17) is 4.74 Å². The van der Waals surface area contributed by atoms with Gasteiger partial charge in [0.2, 0.25) is 0 Å². The lowest BCUT2D eigenvalue weighted by Gasteiger charge is -2.42. The van der Waals surface area contributed by atoms with Crippen molar-refractivity contribution in [1.82, 2.24) is 24.3 Å². The van der Waals surface area contributed by atoms with Gasteiger partial charge in [-0.15, -0.1) is 0 Å². The van der Waals surface area contributed by atoms with Gasteiger partial charge < -0.3 is 19.4 Å². The molecule has 2 aromatic carbocycles. The largest absolute Gasteiger partial charge is 0.508 e. The van der Waals surface area contributed by atoms with Gasteiger partial charge in [-0.25, -0.2) is 9.78 Å². The minimum absolute atomic E-state index is 0.103. The maximum absolute atomic E-state index is 13.9. The highest BCUT2D eigenvalue weighted by atomic mass is 16.5. The van der Waals surface area contributed by atoms with E-state index in [1.54, 1.807) is 35.6 Å². The Hall–Kier alpha value is -4.27. The number of aromatic nitrogens is 3. The van der Waals surface area contributed by atoms with Crippen molar-refractivity contribution in [3.8, 4) is 11.5 Å². The van der Waals surface area contributed by atoms with E-state index < -0.39 is 11.6 Å². The first-order valence-electron chi connectivity index (χ1n) is 12.1. The quantitative estimate of drug-likeness (QED) is 0.404.